The summed E-state index contributed by atoms with van der Waals surface area (Å²) in [5.74, 6) is 0. The standard InChI is InChI=1S/C19H26ClN7O5S/c1-26-11-15(8-22-26)33(30,31)25-13-4-2-12(3-5-13)23-19(29)32-14-6-7-27(10-14)16-9-21-24-18(28)17(16)20/h8-9,11-14,25H,2-7,10H2,1H3,(H,23,29)(H,24,28)/t12-,13-,14-/m1/s1. The normalized spacial score (nSPS) is 23.5. The maximum atomic E-state index is 12.4. The van der Waals surface area contributed by atoms with Crippen LogP contribution in [0.2, 0.25) is 5.02 Å². The Morgan fingerprint density at radius 3 is 2.64 bits per heavy atom. The zero-order valence-electron chi connectivity index (χ0n) is 18.0. The van der Waals surface area contributed by atoms with E-state index in [9.17, 15) is 18.0 Å². The maximum absolute atomic E-state index is 12.4. The number of sulfonamides is 1. The predicted molar refractivity (Wildman–Crippen MR) is 120 cm³/mol. The van der Waals surface area contributed by atoms with E-state index in [4.69, 9.17) is 16.3 Å². The molecule has 1 atom stereocenters. The third kappa shape index (κ3) is 5.65. The second-order valence-electron chi connectivity index (χ2n) is 8.32. The van der Waals surface area contributed by atoms with Crippen LogP contribution in [0.4, 0.5) is 10.5 Å². The van der Waals surface area contributed by atoms with Crippen molar-refractivity contribution < 1.29 is 17.9 Å². The number of carbonyl (C=O) groups is 1. The van der Waals surface area contributed by atoms with E-state index in [0.717, 1.165) is 0 Å². The van der Waals surface area contributed by atoms with Gasteiger partial charge in [-0.25, -0.2) is 23.0 Å². The zero-order valence-corrected chi connectivity index (χ0v) is 19.6. The molecule has 2 aromatic rings. The molecule has 0 bridgehead atoms. The number of halogens is 1. The number of anilines is 1. The van der Waals surface area contributed by atoms with Gasteiger partial charge in [0.2, 0.25) is 10.0 Å². The number of ether oxygens (including phenoxy) is 1. The maximum Gasteiger partial charge on any atom is 0.407 e. The molecule has 33 heavy (non-hydrogen) atoms. The van der Waals surface area contributed by atoms with E-state index in [1.165, 1.54) is 23.3 Å². The number of carbonyl (C=O) groups excluding carboxylic acids is 1. The van der Waals surface area contributed by atoms with Gasteiger partial charge in [0.25, 0.3) is 5.56 Å². The van der Waals surface area contributed by atoms with E-state index < -0.39 is 21.7 Å². The van der Waals surface area contributed by atoms with Gasteiger partial charge in [-0.05, 0) is 25.7 Å². The highest BCUT2D eigenvalue weighted by Gasteiger charge is 2.30. The van der Waals surface area contributed by atoms with E-state index in [-0.39, 0.29) is 28.1 Å². The number of nitrogens with one attached hydrogen (secondary N) is 3. The fourth-order valence-corrected chi connectivity index (χ4v) is 5.67. The van der Waals surface area contributed by atoms with Crippen LogP contribution in [0.25, 0.3) is 0 Å². The molecule has 1 amide bonds. The summed E-state index contributed by atoms with van der Waals surface area (Å²) in [6, 6.07) is -0.277. The van der Waals surface area contributed by atoms with Crippen LogP contribution in [-0.4, -0.2) is 65.8 Å². The van der Waals surface area contributed by atoms with Gasteiger partial charge in [0, 0.05) is 38.3 Å². The number of alkyl carbamates (subject to hydrolysis) is 1. The summed E-state index contributed by atoms with van der Waals surface area (Å²) in [6.45, 7) is 1.01. The molecule has 3 heterocycles. The second-order valence-corrected chi connectivity index (χ2v) is 10.4. The van der Waals surface area contributed by atoms with Crippen LogP contribution >= 0.6 is 11.6 Å². The third-order valence-corrected chi connectivity index (χ3v) is 7.74. The van der Waals surface area contributed by atoms with Crippen LogP contribution in [0, 0.1) is 0 Å². The van der Waals surface area contributed by atoms with Crippen molar-refractivity contribution in [3.8, 4) is 0 Å². The molecule has 180 valence electrons. The molecule has 14 heteroatoms. The molecular formula is C19H26ClN7O5S. The van der Waals surface area contributed by atoms with Gasteiger partial charge in [-0.3, -0.25) is 9.48 Å². The van der Waals surface area contributed by atoms with Gasteiger partial charge in [0.15, 0.2) is 0 Å². The van der Waals surface area contributed by atoms with Gasteiger partial charge in [0.05, 0.1) is 24.6 Å². The zero-order chi connectivity index (χ0) is 23.6. The Balaban J connectivity index is 1.21. The average molecular weight is 500 g/mol. The molecule has 0 spiro atoms. The molecule has 1 aliphatic carbocycles. The molecule has 4 rings (SSSR count). The van der Waals surface area contributed by atoms with Crippen molar-refractivity contribution in [2.24, 2.45) is 7.05 Å². The van der Waals surface area contributed by atoms with E-state index in [0.29, 0.717) is 50.9 Å². The Morgan fingerprint density at radius 2 is 1.94 bits per heavy atom. The fraction of sp³-hybridized carbons (Fsp3) is 0.579. The summed E-state index contributed by atoms with van der Waals surface area (Å²) in [6.07, 6.45) is 6.52. The minimum absolute atomic E-state index is 0.0611. The van der Waals surface area contributed by atoms with Gasteiger partial charge in [-0.1, -0.05) is 11.6 Å². The molecule has 0 unspecified atom stereocenters. The summed E-state index contributed by atoms with van der Waals surface area (Å²) >= 11 is 6.05. The summed E-state index contributed by atoms with van der Waals surface area (Å²) < 4.78 is 34.6. The lowest BCUT2D eigenvalue weighted by Crippen LogP contribution is -2.44. The first-order chi connectivity index (χ1) is 15.7. The van der Waals surface area contributed by atoms with Gasteiger partial charge in [-0.15, -0.1) is 0 Å². The number of amides is 1. The van der Waals surface area contributed by atoms with Crippen LogP contribution in [-0.2, 0) is 21.8 Å². The van der Waals surface area contributed by atoms with Gasteiger partial charge in [0.1, 0.15) is 16.0 Å². The van der Waals surface area contributed by atoms with Crippen molar-refractivity contribution in [1.29, 1.82) is 0 Å². The first kappa shape index (κ1) is 23.5. The molecule has 12 nitrogen and oxygen atoms in total. The van der Waals surface area contributed by atoms with Crippen molar-refractivity contribution in [2.45, 2.75) is 55.2 Å². The molecule has 1 saturated carbocycles. The SMILES string of the molecule is Cn1cc(S(=O)(=O)N[C@H]2CC[C@H](NC(=O)O[C@@H]3CCN(c4cn[nH]c(=O)c4Cl)C3)CC2)cn1. The molecular weight excluding hydrogens is 474 g/mol. The Kier molecular flexibility index (Phi) is 6.91. The molecule has 0 radical (unpaired) electrons. The van der Waals surface area contributed by atoms with E-state index in [1.807, 2.05) is 4.90 Å². The molecule has 2 aliphatic rings. The first-order valence-electron chi connectivity index (χ1n) is 10.7. The van der Waals surface area contributed by atoms with Crippen LogP contribution in [0.1, 0.15) is 32.1 Å². The van der Waals surface area contributed by atoms with E-state index in [1.54, 1.807) is 7.05 Å². The number of aryl methyl sites for hydroxylation is 1. The number of nitrogens with zero attached hydrogens (tertiary/aromatic N) is 4. The van der Waals surface area contributed by atoms with Crippen LogP contribution in [0.5, 0.6) is 0 Å². The van der Waals surface area contributed by atoms with Crippen LogP contribution in [0.15, 0.2) is 28.3 Å². The van der Waals surface area contributed by atoms with Crippen LogP contribution < -0.4 is 20.5 Å². The number of aromatic amines is 1. The summed E-state index contributed by atoms with van der Waals surface area (Å²) in [5, 5.41) is 12.9. The van der Waals surface area contributed by atoms with E-state index in [2.05, 4.69) is 25.3 Å². The Morgan fingerprint density at radius 1 is 1.21 bits per heavy atom. The highest BCUT2D eigenvalue weighted by atomic mass is 35.5. The molecule has 3 N–H and O–H groups in total. The number of hydrogen-bond donors (Lipinski definition) is 3. The van der Waals surface area contributed by atoms with Crippen molar-refractivity contribution in [3.05, 3.63) is 34.0 Å². The molecule has 1 saturated heterocycles. The third-order valence-electron chi connectivity index (χ3n) is 5.90. The molecule has 0 aromatic carbocycles. The monoisotopic (exact) mass is 499 g/mol. The van der Waals surface area contributed by atoms with E-state index >= 15 is 0 Å². The number of rotatable bonds is 6. The molecule has 1 aliphatic heterocycles. The van der Waals surface area contributed by atoms with Crippen molar-refractivity contribution in [1.82, 2.24) is 30.0 Å². The lowest BCUT2D eigenvalue weighted by atomic mass is 9.92. The second kappa shape index (κ2) is 9.69. The fourth-order valence-electron chi connectivity index (χ4n) is 4.17. The lowest BCUT2D eigenvalue weighted by Gasteiger charge is -2.29. The smallest absolute Gasteiger partial charge is 0.407 e. The van der Waals surface area contributed by atoms with Gasteiger partial charge < -0.3 is 15.0 Å². The molecule has 2 fully saturated rings. The molecule has 2 aromatic heterocycles. The summed E-state index contributed by atoms with van der Waals surface area (Å²) in [7, 11) is -1.95. The Hall–Kier alpha value is -2.64. The number of hydrogen-bond acceptors (Lipinski definition) is 8. The Bertz CT molecular complexity index is 1160. The highest BCUT2D eigenvalue weighted by Crippen LogP contribution is 2.26. The highest BCUT2D eigenvalue weighted by molar-refractivity contribution is 7.89. The van der Waals surface area contributed by atoms with Crippen molar-refractivity contribution >= 4 is 33.4 Å². The van der Waals surface area contributed by atoms with Gasteiger partial charge >= 0.3 is 6.09 Å². The first-order valence-corrected chi connectivity index (χ1v) is 12.5. The summed E-state index contributed by atoms with van der Waals surface area (Å²) in [4.78, 5) is 26.0. The predicted octanol–water partition coefficient (Wildman–Crippen LogP) is 0.751. The largest absolute Gasteiger partial charge is 0.444 e. The minimum atomic E-state index is -3.61. The quantitative estimate of drug-likeness (QED) is 0.526. The number of aromatic nitrogens is 4. The van der Waals surface area contributed by atoms with Gasteiger partial charge in [-0.2, -0.15) is 10.2 Å². The Labute approximate surface area is 195 Å². The van der Waals surface area contributed by atoms with Crippen molar-refractivity contribution in [3.63, 3.8) is 0 Å². The lowest BCUT2D eigenvalue weighted by molar-refractivity contribution is 0.102. The minimum Gasteiger partial charge on any atom is -0.444 e. The topological polar surface area (TPSA) is 151 Å². The average Bonchev–Trinajstić information content (AvgIpc) is 3.41. The number of H-pyrrole nitrogens is 1. The van der Waals surface area contributed by atoms with Crippen LogP contribution in [0.3, 0.4) is 0 Å². The summed E-state index contributed by atoms with van der Waals surface area (Å²) in [5.41, 5.74) is 0.0496. The van der Waals surface area contributed by atoms with Crippen molar-refractivity contribution in [2.75, 3.05) is 18.0 Å².